The molecule has 1 aromatic carbocycles. The lowest BCUT2D eigenvalue weighted by molar-refractivity contribution is -0.0983. The number of hydrogen-bond donors (Lipinski definition) is 5. The van der Waals surface area contributed by atoms with E-state index in [0.29, 0.717) is 19.4 Å². The van der Waals surface area contributed by atoms with Crippen LogP contribution in [0.4, 0.5) is 0 Å². The summed E-state index contributed by atoms with van der Waals surface area (Å²) >= 11 is 0. The zero-order valence-corrected chi connectivity index (χ0v) is 10.0. The standard InChI is InChI=1S/C13H19NO4/c15-10-4-2-1-3-8(10)7-14-9-5-6-11(16)13(18)12(9)17/h1-4,9,11-18H,5-7H2/t9-,11-,12+,13+/m1/s1. The highest BCUT2D eigenvalue weighted by atomic mass is 16.4. The largest absolute Gasteiger partial charge is 0.508 e. The number of phenolic OH excluding ortho intramolecular Hbond substituents is 1. The molecule has 0 aromatic heterocycles. The van der Waals surface area contributed by atoms with Crippen LogP contribution in [0.2, 0.25) is 0 Å². The van der Waals surface area contributed by atoms with Gasteiger partial charge < -0.3 is 25.7 Å². The molecule has 5 nitrogen and oxygen atoms in total. The third kappa shape index (κ3) is 2.81. The van der Waals surface area contributed by atoms with Crippen LogP contribution in [0.15, 0.2) is 24.3 Å². The zero-order chi connectivity index (χ0) is 13.1. The minimum Gasteiger partial charge on any atom is -0.508 e. The van der Waals surface area contributed by atoms with Crippen molar-refractivity contribution in [2.75, 3.05) is 0 Å². The van der Waals surface area contributed by atoms with Crippen molar-refractivity contribution in [3.05, 3.63) is 29.8 Å². The smallest absolute Gasteiger partial charge is 0.120 e. The molecule has 4 atom stereocenters. The normalized spacial score (nSPS) is 32.4. The summed E-state index contributed by atoms with van der Waals surface area (Å²) in [6.07, 6.45) is -1.91. The Bertz CT molecular complexity index is 398. The number of aliphatic hydroxyl groups is 3. The molecule has 0 unspecified atom stereocenters. The van der Waals surface area contributed by atoms with E-state index in [1.54, 1.807) is 18.2 Å². The fourth-order valence-corrected chi connectivity index (χ4v) is 2.28. The molecule has 5 N–H and O–H groups in total. The van der Waals surface area contributed by atoms with Gasteiger partial charge in [-0.25, -0.2) is 0 Å². The van der Waals surface area contributed by atoms with Crippen LogP contribution in [-0.2, 0) is 6.54 Å². The van der Waals surface area contributed by atoms with Crippen LogP contribution in [0.5, 0.6) is 5.75 Å². The molecule has 18 heavy (non-hydrogen) atoms. The fraction of sp³-hybridized carbons (Fsp3) is 0.538. The Labute approximate surface area is 106 Å². The van der Waals surface area contributed by atoms with E-state index in [4.69, 9.17) is 0 Å². The maximum Gasteiger partial charge on any atom is 0.120 e. The van der Waals surface area contributed by atoms with Crippen molar-refractivity contribution in [1.82, 2.24) is 5.32 Å². The second kappa shape index (κ2) is 5.67. The summed E-state index contributed by atoms with van der Waals surface area (Å²) in [6, 6.07) is 6.69. The maximum absolute atomic E-state index is 9.82. The van der Waals surface area contributed by atoms with E-state index in [1.807, 2.05) is 6.07 Å². The molecule has 0 bridgehead atoms. The number of para-hydroxylation sites is 1. The van der Waals surface area contributed by atoms with Crippen LogP contribution in [0.25, 0.3) is 0 Å². The van der Waals surface area contributed by atoms with E-state index in [0.717, 1.165) is 5.56 Å². The van der Waals surface area contributed by atoms with Gasteiger partial charge in [0.25, 0.3) is 0 Å². The second-order valence-electron chi connectivity index (χ2n) is 4.74. The third-order valence-corrected chi connectivity index (χ3v) is 3.48. The van der Waals surface area contributed by atoms with Crippen LogP contribution in [0.3, 0.4) is 0 Å². The number of benzene rings is 1. The number of nitrogens with one attached hydrogen (secondary N) is 1. The molecule has 100 valence electrons. The summed E-state index contributed by atoms with van der Waals surface area (Å²) in [6.45, 7) is 0.414. The maximum atomic E-state index is 9.82. The topological polar surface area (TPSA) is 93.0 Å². The molecule has 1 fully saturated rings. The molecule has 1 saturated carbocycles. The Kier molecular flexibility index (Phi) is 4.19. The molecular weight excluding hydrogens is 234 g/mol. The predicted octanol–water partition coefficient (Wildman–Crippen LogP) is -0.273. The van der Waals surface area contributed by atoms with E-state index in [-0.39, 0.29) is 11.8 Å². The SMILES string of the molecule is Oc1ccccc1CN[C@@H]1CC[C@@H](O)[C@H](O)[C@H]1O. The number of rotatable bonds is 3. The zero-order valence-electron chi connectivity index (χ0n) is 10.0. The lowest BCUT2D eigenvalue weighted by Crippen LogP contribution is -2.54. The summed E-state index contributed by atoms with van der Waals surface area (Å²) in [4.78, 5) is 0. The summed E-state index contributed by atoms with van der Waals surface area (Å²) in [5.41, 5.74) is 0.741. The monoisotopic (exact) mass is 253 g/mol. The molecule has 0 aliphatic heterocycles. The first kappa shape index (κ1) is 13.3. The van der Waals surface area contributed by atoms with Gasteiger partial charge in [0.1, 0.15) is 11.9 Å². The van der Waals surface area contributed by atoms with Crippen LogP contribution >= 0.6 is 0 Å². The molecular formula is C13H19NO4. The van der Waals surface area contributed by atoms with Crippen LogP contribution in [0, 0.1) is 0 Å². The Hall–Kier alpha value is -1.14. The molecule has 0 heterocycles. The predicted molar refractivity (Wildman–Crippen MR) is 66.0 cm³/mol. The van der Waals surface area contributed by atoms with E-state index >= 15 is 0 Å². The number of phenols is 1. The highest BCUT2D eigenvalue weighted by Crippen LogP contribution is 2.21. The summed E-state index contributed by atoms with van der Waals surface area (Å²) < 4.78 is 0. The van der Waals surface area contributed by atoms with Gasteiger partial charge in [-0.1, -0.05) is 18.2 Å². The Morgan fingerprint density at radius 2 is 1.78 bits per heavy atom. The number of aliphatic hydroxyl groups excluding tert-OH is 3. The first-order chi connectivity index (χ1) is 8.59. The molecule has 2 rings (SSSR count). The molecule has 0 radical (unpaired) electrons. The van der Waals surface area contributed by atoms with E-state index in [2.05, 4.69) is 5.32 Å². The van der Waals surface area contributed by atoms with Crippen molar-refractivity contribution in [3.8, 4) is 5.75 Å². The summed E-state index contributed by atoms with van der Waals surface area (Å²) in [5, 5.41) is 41.5. The van der Waals surface area contributed by atoms with Gasteiger partial charge in [-0.05, 0) is 18.9 Å². The van der Waals surface area contributed by atoms with Gasteiger partial charge in [0, 0.05) is 18.2 Å². The van der Waals surface area contributed by atoms with Gasteiger partial charge in [0.05, 0.1) is 12.2 Å². The minimum atomic E-state index is -1.11. The van der Waals surface area contributed by atoms with Crippen molar-refractivity contribution in [3.63, 3.8) is 0 Å². The van der Waals surface area contributed by atoms with Gasteiger partial charge >= 0.3 is 0 Å². The van der Waals surface area contributed by atoms with Crippen molar-refractivity contribution < 1.29 is 20.4 Å². The summed E-state index contributed by atoms with van der Waals surface area (Å²) in [5.74, 6) is 0.205. The lowest BCUT2D eigenvalue weighted by atomic mass is 9.87. The highest BCUT2D eigenvalue weighted by Gasteiger charge is 2.36. The third-order valence-electron chi connectivity index (χ3n) is 3.48. The van der Waals surface area contributed by atoms with Crippen molar-refractivity contribution in [2.24, 2.45) is 0 Å². The molecule has 0 spiro atoms. The molecule has 0 saturated heterocycles. The Morgan fingerprint density at radius 1 is 1.06 bits per heavy atom. The number of hydrogen-bond acceptors (Lipinski definition) is 5. The van der Waals surface area contributed by atoms with Crippen molar-refractivity contribution in [1.29, 1.82) is 0 Å². The lowest BCUT2D eigenvalue weighted by Gasteiger charge is -2.35. The Morgan fingerprint density at radius 3 is 2.50 bits per heavy atom. The first-order valence-electron chi connectivity index (χ1n) is 6.14. The van der Waals surface area contributed by atoms with Gasteiger partial charge in [-0.2, -0.15) is 0 Å². The average molecular weight is 253 g/mol. The van der Waals surface area contributed by atoms with E-state index in [9.17, 15) is 20.4 Å². The van der Waals surface area contributed by atoms with Crippen LogP contribution < -0.4 is 5.32 Å². The van der Waals surface area contributed by atoms with Gasteiger partial charge in [0.2, 0.25) is 0 Å². The molecule has 1 aliphatic rings. The molecule has 1 aliphatic carbocycles. The minimum absolute atomic E-state index is 0.205. The first-order valence-corrected chi connectivity index (χ1v) is 6.14. The second-order valence-corrected chi connectivity index (χ2v) is 4.74. The van der Waals surface area contributed by atoms with E-state index < -0.39 is 18.3 Å². The fourth-order valence-electron chi connectivity index (χ4n) is 2.28. The van der Waals surface area contributed by atoms with Crippen LogP contribution in [-0.4, -0.2) is 44.8 Å². The molecule has 5 heteroatoms. The van der Waals surface area contributed by atoms with Gasteiger partial charge in [-0.3, -0.25) is 0 Å². The molecule has 0 amide bonds. The average Bonchev–Trinajstić information content (AvgIpc) is 2.37. The number of aromatic hydroxyl groups is 1. The molecule has 1 aromatic rings. The highest BCUT2D eigenvalue weighted by molar-refractivity contribution is 5.31. The van der Waals surface area contributed by atoms with Crippen molar-refractivity contribution >= 4 is 0 Å². The summed E-state index contributed by atoms with van der Waals surface area (Å²) in [7, 11) is 0. The van der Waals surface area contributed by atoms with Crippen LogP contribution in [0.1, 0.15) is 18.4 Å². The van der Waals surface area contributed by atoms with E-state index in [1.165, 1.54) is 0 Å². The van der Waals surface area contributed by atoms with Gasteiger partial charge in [0.15, 0.2) is 0 Å². The van der Waals surface area contributed by atoms with Gasteiger partial charge in [-0.15, -0.1) is 0 Å². The van der Waals surface area contributed by atoms with Crippen molar-refractivity contribution in [2.45, 2.75) is 43.7 Å². The Balaban J connectivity index is 1.93. The quantitative estimate of drug-likeness (QED) is 0.511.